The van der Waals surface area contributed by atoms with Gasteiger partial charge in [-0.25, -0.2) is 8.42 Å². The van der Waals surface area contributed by atoms with E-state index in [0.717, 1.165) is 31.0 Å². The number of benzene rings is 1. The van der Waals surface area contributed by atoms with Crippen molar-refractivity contribution in [1.82, 2.24) is 10.2 Å². The van der Waals surface area contributed by atoms with E-state index >= 15 is 0 Å². The first-order valence-corrected chi connectivity index (χ1v) is 11.2. The highest BCUT2D eigenvalue weighted by atomic mass is 32.2. The molecule has 1 aromatic carbocycles. The molecule has 1 fully saturated rings. The van der Waals surface area contributed by atoms with E-state index in [1.807, 2.05) is 13.0 Å². The van der Waals surface area contributed by atoms with Crippen LogP contribution in [0.25, 0.3) is 0 Å². The number of amides is 1. The summed E-state index contributed by atoms with van der Waals surface area (Å²) in [6.07, 6.45) is 4.29. The number of nitrogens with one attached hydrogen (secondary N) is 1. The minimum absolute atomic E-state index is 0.210. The molecular weight excluding hydrogens is 364 g/mol. The molecule has 1 unspecified atom stereocenters. The van der Waals surface area contributed by atoms with E-state index in [4.69, 9.17) is 4.42 Å². The number of likely N-dealkylation sites (tertiary alicyclic amines) is 1. The molecule has 3 rings (SSSR count). The van der Waals surface area contributed by atoms with E-state index in [9.17, 15) is 13.2 Å². The van der Waals surface area contributed by atoms with Crippen molar-refractivity contribution in [3.63, 3.8) is 0 Å². The smallest absolute Gasteiger partial charge is 0.287 e. The van der Waals surface area contributed by atoms with E-state index < -0.39 is 9.84 Å². The van der Waals surface area contributed by atoms with Crippen LogP contribution in [0, 0.1) is 0 Å². The Labute approximate surface area is 160 Å². The van der Waals surface area contributed by atoms with E-state index in [1.165, 1.54) is 19.1 Å². The van der Waals surface area contributed by atoms with E-state index in [0.29, 0.717) is 12.2 Å². The number of hydrogen-bond donors (Lipinski definition) is 1. The van der Waals surface area contributed by atoms with Gasteiger partial charge in [0.25, 0.3) is 5.91 Å². The van der Waals surface area contributed by atoms with Crippen molar-refractivity contribution >= 4 is 15.7 Å². The summed E-state index contributed by atoms with van der Waals surface area (Å²) in [6, 6.07) is 9.98. The SMILES string of the molecule is CCC(NC(=O)c1ccc(CN2CCCC2)o1)c1ccc(S(C)(=O)=O)cc1. The minimum Gasteiger partial charge on any atom is -0.455 e. The molecule has 0 saturated carbocycles. The molecule has 1 aromatic heterocycles. The van der Waals surface area contributed by atoms with Gasteiger partial charge in [-0.3, -0.25) is 9.69 Å². The fourth-order valence-corrected chi connectivity index (χ4v) is 3.97. The second kappa shape index (κ2) is 8.27. The summed E-state index contributed by atoms with van der Waals surface area (Å²) in [5.41, 5.74) is 0.863. The van der Waals surface area contributed by atoms with Crippen LogP contribution in [0.3, 0.4) is 0 Å². The van der Waals surface area contributed by atoms with Crippen molar-refractivity contribution in [3.8, 4) is 0 Å². The van der Waals surface area contributed by atoms with Crippen molar-refractivity contribution in [2.24, 2.45) is 0 Å². The normalized spacial score (nSPS) is 16.4. The van der Waals surface area contributed by atoms with Gasteiger partial charge >= 0.3 is 0 Å². The molecule has 1 saturated heterocycles. The van der Waals surface area contributed by atoms with E-state index in [1.54, 1.807) is 30.3 Å². The summed E-state index contributed by atoms with van der Waals surface area (Å²) < 4.78 is 28.9. The lowest BCUT2D eigenvalue weighted by molar-refractivity contribution is 0.0904. The maximum absolute atomic E-state index is 12.5. The molecule has 1 aliphatic heterocycles. The Morgan fingerprint density at radius 3 is 2.41 bits per heavy atom. The number of nitrogens with zero attached hydrogens (tertiary/aromatic N) is 1. The molecule has 27 heavy (non-hydrogen) atoms. The van der Waals surface area contributed by atoms with Crippen molar-refractivity contribution in [2.75, 3.05) is 19.3 Å². The van der Waals surface area contributed by atoms with Crippen LogP contribution in [-0.2, 0) is 16.4 Å². The van der Waals surface area contributed by atoms with Crippen LogP contribution in [0.2, 0.25) is 0 Å². The lowest BCUT2D eigenvalue weighted by Crippen LogP contribution is -2.27. The Kier molecular flexibility index (Phi) is 6.01. The molecule has 1 amide bonds. The molecule has 1 N–H and O–H groups in total. The van der Waals surface area contributed by atoms with Crippen molar-refractivity contribution < 1.29 is 17.6 Å². The van der Waals surface area contributed by atoms with Gasteiger partial charge in [0.2, 0.25) is 0 Å². The van der Waals surface area contributed by atoms with Crippen molar-refractivity contribution in [1.29, 1.82) is 0 Å². The summed E-state index contributed by atoms with van der Waals surface area (Å²) in [7, 11) is -3.23. The molecule has 6 nitrogen and oxygen atoms in total. The van der Waals surface area contributed by atoms with Crippen LogP contribution in [0.5, 0.6) is 0 Å². The largest absolute Gasteiger partial charge is 0.455 e. The van der Waals surface area contributed by atoms with E-state index in [2.05, 4.69) is 10.2 Å². The third-order valence-corrected chi connectivity index (χ3v) is 6.02. The summed E-state index contributed by atoms with van der Waals surface area (Å²) in [6.45, 7) is 4.85. The standard InChI is InChI=1S/C20H26N2O4S/c1-3-18(15-6-9-17(10-7-15)27(2,24)25)21-20(23)19-11-8-16(26-19)14-22-12-4-5-13-22/h6-11,18H,3-5,12-14H2,1-2H3,(H,21,23). The average molecular weight is 391 g/mol. The lowest BCUT2D eigenvalue weighted by atomic mass is 10.0. The molecule has 146 valence electrons. The fourth-order valence-electron chi connectivity index (χ4n) is 3.34. The monoisotopic (exact) mass is 390 g/mol. The van der Waals surface area contributed by atoms with Crippen LogP contribution >= 0.6 is 0 Å². The Morgan fingerprint density at radius 2 is 1.81 bits per heavy atom. The first-order chi connectivity index (χ1) is 12.9. The third kappa shape index (κ3) is 4.99. The first kappa shape index (κ1) is 19.6. The number of rotatable bonds is 7. The number of sulfone groups is 1. The average Bonchev–Trinajstić information content (AvgIpc) is 3.31. The molecule has 7 heteroatoms. The van der Waals surface area contributed by atoms with Gasteiger partial charge in [0.15, 0.2) is 15.6 Å². The second-order valence-corrected chi connectivity index (χ2v) is 9.04. The van der Waals surface area contributed by atoms with Crippen molar-refractivity contribution in [3.05, 3.63) is 53.5 Å². The summed E-state index contributed by atoms with van der Waals surface area (Å²) >= 11 is 0. The number of carbonyl (C=O) groups excluding carboxylic acids is 1. The second-order valence-electron chi connectivity index (χ2n) is 7.02. The maximum Gasteiger partial charge on any atom is 0.287 e. The molecule has 0 bridgehead atoms. The van der Waals surface area contributed by atoms with Gasteiger partial charge in [0.05, 0.1) is 17.5 Å². The quantitative estimate of drug-likeness (QED) is 0.786. The zero-order valence-electron chi connectivity index (χ0n) is 15.8. The van der Waals surface area contributed by atoms with Gasteiger partial charge < -0.3 is 9.73 Å². The Morgan fingerprint density at radius 1 is 1.15 bits per heavy atom. The maximum atomic E-state index is 12.5. The van der Waals surface area contributed by atoms with Gasteiger partial charge in [-0.2, -0.15) is 0 Å². The zero-order chi connectivity index (χ0) is 19.4. The topological polar surface area (TPSA) is 79.6 Å². The first-order valence-electron chi connectivity index (χ1n) is 9.29. The predicted octanol–water partition coefficient (Wildman–Crippen LogP) is 3.16. The van der Waals surface area contributed by atoms with Crippen LogP contribution in [0.1, 0.15) is 54.1 Å². The van der Waals surface area contributed by atoms with Crippen LogP contribution < -0.4 is 5.32 Å². The summed E-state index contributed by atoms with van der Waals surface area (Å²) in [5.74, 6) is 0.838. The van der Waals surface area contributed by atoms with Crippen LogP contribution in [-0.4, -0.2) is 38.6 Å². The van der Waals surface area contributed by atoms with Gasteiger partial charge in [-0.1, -0.05) is 19.1 Å². The Balaban J connectivity index is 1.65. The molecule has 1 atom stereocenters. The number of hydrogen-bond acceptors (Lipinski definition) is 5. The van der Waals surface area contributed by atoms with Gasteiger partial charge in [0, 0.05) is 6.26 Å². The molecule has 0 spiro atoms. The molecule has 2 heterocycles. The predicted molar refractivity (Wildman–Crippen MR) is 103 cm³/mol. The number of furan rings is 1. The molecule has 0 radical (unpaired) electrons. The molecular formula is C20H26N2O4S. The van der Waals surface area contributed by atoms with Gasteiger partial charge in [0.1, 0.15) is 5.76 Å². The third-order valence-electron chi connectivity index (χ3n) is 4.89. The highest BCUT2D eigenvalue weighted by Crippen LogP contribution is 2.21. The molecule has 1 aliphatic rings. The Hall–Kier alpha value is -2.12. The lowest BCUT2D eigenvalue weighted by Gasteiger charge is -2.17. The highest BCUT2D eigenvalue weighted by molar-refractivity contribution is 7.90. The van der Waals surface area contributed by atoms with Gasteiger partial charge in [-0.05, 0) is 62.2 Å². The van der Waals surface area contributed by atoms with Crippen LogP contribution in [0.15, 0.2) is 45.7 Å². The fraction of sp³-hybridized carbons (Fsp3) is 0.450. The van der Waals surface area contributed by atoms with Crippen LogP contribution in [0.4, 0.5) is 0 Å². The van der Waals surface area contributed by atoms with Gasteiger partial charge in [-0.15, -0.1) is 0 Å². The Bertz CT molecular complexity index is 881. The minimum atomic E-state index is -3.23. The zero-order valence-corrected chi connectivity index (χ0v) is 16.6. The summed E-state index contributed by atoms with van der Waals surface area (Å²) in [5, 5.41) is 2.97. The molecule has 0 aliphatic carbocycles. The number of carbonyl (C=O) groups is 1. The summed E-state index contributed by atoms with van der Waals surface area (Å²) in [4.78, 5) is 15.1. The highest BCUT2D eigenvalue weighted by Gasteiger charge is 2.19. The van der Waals surface area contributed by atoms with Crippen molar-refractivity contribution in [2.45, 2.75) is 43.7 Å². The van der Waals surface area contributed by atoms with E-state index in [-0.39, 0.29) is 16.8 Å². The molecule has 2 aromatic rings.